The summed E-state index contributed by atoms with van der Waals surface area (Å²) in [5, 5.41) is 5.75. The predicted molar refractivity (Wildman–Crippen MR) is 67.3 cm³/mol. The Balaban J connectivity index is 1.60. The molecule has 15 heavy (non-hydrogen) atoms. The van der Waals surface area contributed by atoms with Crippen molar-refractivity contribution >= 4 is 11.3 Å². The maximum Gasteiger partial charge on any atom is 0.0302 e. The van der Waals surface area contributed by atoms with Gasteiger partial charge in [0.05, 0.1) is 0 Å². The van der Waals surface area contributed by atoms with Crippen LogP contribution in [0.5, 0.6) is 0 Å². The van der Waals surface area contributed by atoms with E-state index in [1.54, 1.807) is 0 Å². The van der Waals surface area contributed by atoms with Crippen molar-refractivity contribution in [2.75, 3.05) is 6.54 Å². The van der Waals surface area contributed by atoms with Crippen molar-refractivity contribution in [3.63, 3.8) is 0 Å². The van der Waals surface area contributed by atoms with E-state index in [9.17, 15) is 0 Å². The SMILES string of the molecule is Cc1ccsc1CNCCC1CCCC1. The van der Waals surface area contributed by atoms with Gasteiger partial charge in [0, 0.05) is 11.4 Å². The second kappa shape index (κ2) is 5.66. The molecule has 0 aromatic carbocycles. The Labute approximate surface area is 96.9 Å². The fourth-order valence-corrected chi connectivity index (χ4v) is 3.27. The van der Waals surface area contributed by atoms with Crippen molar-refractivity contribution < 1.29 is 0 Å². The van der Waals surface area contributed by atoms with Crippen LogP contribution >= 0.6 is 11.3 Å². The highest BCUT2D eigenvalue weighted by atomic mass is 32.1. The van der Waals surface area contributed by atoms with E-state index in [2.05, 4.69) is 23.7 Å². The van der Waals surface area contributed by atoms with E-state index in [1.165, 1.54) is 49.1 Å². The van der Waals surface area contributed by atoms with Gasteiger partial charge in [-0.05, 0) is 42.8 Å². The van der Waals surface area contributed by atoms with Gasteiger partial charge in [-0.2, -0.15) is 0 Å². The van der Waals surface area contributed by atoms with Crippen LogP contribution in [0.25, 0.3) is 0 Å². The molecule has 0 aliphatic heterocycles. The lowest BCUT2D eigenvalue weighted by atomic mass is 10.0. The zero-order valence-electron chi connectivity index (χ0n) is 9.59. The molecule has 0 amide bonds. The minimum atomic E-state index is 1.02. The van der Waals surface area contributed by atoms with Gasteiger partial charge in [-0.25, -0.2) is 0 Å². The van der Waals surface area contributed by atoms with Gasteiger partial charge in [0.1, 0.15) is 0 Å². The highest BCUT2D eigenvalue weighted by molar-refractivity contribution is 7.10. The molecule has 1 heterocycles. The summed E-state index contributed by atoms with van der Waals surface area (Å²) >= 11 is 1.87. The molecular weight excluding hydrogens is 202 g/mol. The predicted octanol–water partition coefficient (Wildman–Crippen LogP) is 3.73. The first-order valence-electron chi connectivity index (χ1n) is 6.10. The van der Waals surface area contributed by atoms with Crippen LogP contribution in [0.4, 0.5) is 0 Å². The summed E-state index contributed by atoms with van der Waals surface area (Å²) in [5.41, 5.74) is 1.44. The third-order valence-electron chi connectivity index (χ3n) is 3.46. The molecule has 2 heteroatoms. The van der Waals surface area contributed by atoms with E-state index >= 15 is 0 Å². The van der Waals surface area contributed by atoms with E-state index in [1.807, 2.05) is 11.3 Å². The van der Waals surface area contributed by atoms with Crippen LogP contribution < -0.4 is 5.32 Å². The molecule has 0 radical (unpaired) electrons. The quantitative estimate of drug-likeness (QED) is 0.750. The van der Waals surface area contributed by atoms with Crippen molar-refractivity contribution in [3.05, 3.63) is 21.9 Å². The van der Waals surface area contributed by atoms with Gasteiger partial charge < -0.3 is 5.32 Å². The van der Waals surface area contributed by atoms with Gasteiger partial charge in [0.15, 0.2) is 0 Å². The van der Waals surface area contributed by atoms with Crippen molar-refractivity contribution in [1.29, 1.82) is 0 Å². The Morgan fingerprint density at radius 3 is 2.87 bits per heavy atom. The van der Waals surface area contributed by atoms with Crippen molar-refractivity contribution in [1.82, 2.24) is 5.32 Å². The number of nitrogens with one attached hydrogen (secondary N) is 1. The first-order chi connectivity index (χ1) is 7.36. The average molecular weight is 223 g/mol. The normalized spacial score (nSPS) is 17.4. The zero-order valence-corrected chi connectivity index (χ0v) is 10.4. The molecule has 1 N–H and O–H groups in total. The summed E-state index contributed by atoms with van der Waals surface area (Å²) in [6, 6.07) is 2.21. The lowest BCUT2D eigenvalue weighted by Gasteiger charge is -2.09. The molecule has 0 spiro atoms. The number of rotatable bonds is 5. The summed E-state index contributed by atoms with van der Waals surface area (Å²) in [4.78, 5) is 1.50. The van der Waals surface area contributed by atoms with E-state index < -0.39 is 0 Å². The van der Waals surface area contributed by atoms with Gasteiger partial charge in [0.2, 0.25) is 0 Å². The van der Waals surface area contributed by atoms with Gasteiger partial charge >= 0.3 is 0 Å². The molecule has 1 fully saturated rings. The largest absolute Gasteiger partial charge is 0.312 e. The van der Waals surface area contributed by atoms with Crippen molar-refractivity contribution in [2.45, 2.75) is 45.6 Å². The molecule has 1 aromatic rings. The van der Waals surface area contributed by atoms with Crippen LogP contribution in [0.15, 0.2) is 11.4 Å². The molecular formula is C13H21NS. The molecule has 0 unspecified atom stereocenters. The van der Waals surface area contributed by atoms with Gasteiger partial charge in [0.25, 0.3) is 0 Å². The van der Waals surface area contributed by atoms with Crippen molar-refractivity contribution in [3.8, 4) is 0 Å². The Kier molecular flexibility index (Phi) is 4.21. The van der Waals surface area contributed by atoms with Crippen molar-refractivity contribution in [2.24, 2.45) is 5.92 Å². The fourth-order valence-electron chi connectivity index (χ4n) is 2.39. The van der Waals surface area contributed by atoms with Gasteiger partial charge in [-0.3, -0.25) is 0 Å². The summed E-state index contributed by atoms with van der Waals surface area (Å²) in [5.74, 6) is 1.02. The first kappa shape index (κ1) is 11.2. The molecule has 1 aliphatic carbocycles. The number of aryl methyl sites for hydroxylation is 1. The Bertz CT molecular complexity index is 286. The summed E-state index contributed by atoms with van der Waals surface area (Å²) < 4.78 is 0. The Morgan fingerprint density at radius 1 is 1.40 bits per heavy atom. The second-order valence-electron chi connectivity index (χ2n) is 4.64. The third-order valence-corrected chi connectivity index (χ3v) is 4.48. The van der Waals surface area contributed by atoms with Crippen LogP contribution in [0.3, 0.4) is 0 Å². The van der Waals surface area contributed by atoms with Crippen LogP contribution in [0, 0.1) is 12.8 Å². The highest BCUT2D eigenvalue weighted by Crippen LogP contribution is 2.27. The third kappa shape index (κ3) is 3.32. The molecule has 1 nitrogen and oxygen atoms in total. The molecule has 0 bridgehead atoms. The number of hydrogen-bond acceptors (Lipinski definition) is 2. The average Bonchev–Trinajstić information content (AvgIpc) is 2.85. The number of thiophene rings is 1. The molecule has 1 saturated carbocycles. The minimum Gasteiger partial charge on any atom is -0.312 e. The van der Waals surface area contributed by atoms with E-state index in [0.29, 0.717) is 0 Å². The monoisotopic (exact) mass is 223 g/mol. The Hall–Kier alpha value is -0.340. The molecule has 84 valence electrons. The molecule has 2 rings (SSSR count). The first-order valence-corrected chi connectivity index (χ1v) is 6.98. The maximum absolute atomic E-state index is 3.57. The summed E-state index contributed by atoms with van der Waals surface area (Å²) in [6.45, 7) is 4.46. The minimum absolute atomic E-state index is 1.02. The molecule has 0 saturated heterocycles. The topological polar surface area (TPSA) is 12.0 Å². The lowest BCUT2D eigenvalue weighted by molar-refractivity contribution is 0.478. The maximum atomic E-state index is 3.57. The standard InChI is InChI=1S/C13H21NS/c1-11-7-9-15-13(11)10-14-8-6-12-4-2-3-5-12/h7,9,12,14H,2-6,8,10H2,1H3. The fraction of sp³-hybridized carbons (Fsp3) is 0.692. The Morgan fingerprint density at radius 2 is 2.20 bits per heavy atom. The van der Waals surface area contributed by atoms with E-state index in [0.717, 1.165) is 12.5 Å². The summed E-state index contributed by atoms with van der Waals surface area (Å²) in [7, 11) is 0. The molecule has 1 aliphatic rings. The van der Waals surface area contributed by atoms with Crippen LogP contribution in [0.1, 0.15) is 42.5 Å². The zero-order chi connectivity index (χ0) is 10.5. The van der Waals surface area contributed by atoms with E-state index in [-0.39, 0.29) is 0 Å². The molecule has 0 atom stereocenters. The summed E-state index contributed by atoms with van der Waals surface area (Å²) in [6.07, 6.45) is 7.26. The van der Waals surface area contributed by atoms with Crippen LogP contribution in [-0.2, 0) is 6.54 Å². The lowest BCUT2D eigenvalue weighted by Crippen LogP contribution is -2.16. The number of hydrogen-bond donors (Lipinski definition) is 1. The van der Waals surface area contributed by atoms with Crippen LogP contribution in [0.2, 0.25) is 0 Å². The van der Waals surface area contributed by atoms with Gasteiger partial charge in [-0.15, -0.1) is 11.3 Å². The van der Waals surface area contributed by atoms with E-state index in [4.69, 9.17) is 0 Å². The highest BCUT2D eigenvalue weighted by Gasteiger charge is 2.13. The smallest absolute Gasteiger partial charge is 0.0302 e. The molecule has 1 aromatic heterocycles. The van der Waals surface area contributed by atoms with Crippen LogP contribution in [-0.4, -0.2) is 6.54 Å². The second-order valence-corrected chi connectivity index (χ2v) is 5.64. The van der Waals surface area contributed by atoms with Gasteiger partial charge in [-0.1, -0.05) is 25.7 Å².